The number of para-hydroxylation sites is 1. The van der Waals surface area contributed by atoms with Gasteiger partial charge in [0.05, 0.1) is 42.3 Å². The van der Waals surface area contributed by atoms with Crippen molar-refractivity contribution in [2.45, 2.75) is 68.3 Å². The molecule has 1 saturated carbocycles. The van der Waals surface area contributed by atoms with Gasteiger partial charge < -0.3 is 19.8 Å². The number of benzene rings is 3. The minimum absolute atomic E-state index is 0.0831. The molecule has 1 unspecified atom stereocenters. The number of anilines is 1. The second-order valence-electron chi connectivity index (χ2n) is 11.2. The number of nitrogens with zero attached hydrogens (tertiary/aromatic N) is 2. The first kappa shape index (κ1) is 32.7. The number of carbonyl (C=O) groups excluding carboxylic acids is 1. The van der Waals surface area contributed by atoms with E-state index in [0.29, 0.717) is 40.4 Å². The van der Waals surface area contributed by atoms with Crippen LogP contribution in [0.5, 0.6) is 0 Å². The SMILES string of the molecule is CCC(CN(c1ccccc1F)S(=O)(=O)C1CC1)N1C(=O)[C@@H](C[C@H](O)CO)O[C@H](c2cccc(Cl)c2)[C@H]1c1ccc(Cl)cc1. The fourth-order valence-corrected chi connectivity index (χ4v) is 7.95. The predicted octanol–water partition coefficient (Wildman–Crippen LogP) is 5.66. The molecular formula is C32H35Cl2FN2O6S. The number of morpholine rings is 1. The lowest BCUT2D eigenvalue weighted by molar-refractivity contribution is -0.183. The first-order valence-electron chi connectivity index (χ1n) is 14.6. The molecule has 3 aromatic rings. The van der Waals surface area contributed by atoms with Crippen molar-refractivity contribution in [3.05, 3.63) is 99.8 Å². The summed E-state index contributed by atoms with van der Waals surface area (Å²) >= 11 is 12.6. The van der Waals surface area contributed by atoms with Gasteiger partial charge in [-0.1, -0.05) is 66.5 Å². The van der Waals surface area contributed by atoms with Gasteiger partial charge in [-0.25, -0.2) is 12.8 Å². The fraction of sp³-hybridized carbons (Fsp3) is 0.406. The Morgan fingerprint density at radius 3 is 2.34 bits per heavy atom. The van der Waals surface area contributed by atoms with E-state index in [-0.39, 0.29) is 18.7 Å². The lowest BCUT2D eigenvalue weighted by atomic mass is 9.89. The van der Waals surface area contributed by atoms with Gasteiger partial charge in [0.2, 0.25) is 10.0 Å². The molecule has 1 saturated heterocycles. The highest BCUT2D eigenvalue weighted by molar-refractivity contribution is 7.93. The third-order valence-corrected chi connectivity index (χ3v) is 10.9. The van der Waals surface area contributed by atoms with E-state index in [1.165, 1.54) is 18.2 Å². The summed E-state index contributed by atoms with van der Waals surface area (Å²) in [5.74, 6) is -1.17. The van der Waals surface area contributed by atoms with Gasteiger partial charge in [-0.2, -0.15) is 0 Å². The van der Waals surface area contributed by atoms with E-state index in [1.54, 1.807) is 53.4 Å². The van der Waals surface area contributed by atoms with Crippen LogP contribution in [-0.4, -0.2) is 66.1 Å². The summed E-state index contributed by atoms with van der Waals surface area (Å²) in [6.07, 6.45) is -2.11. The number of carbonyl (C=O) groups is 1. The zero-order chi connectivity index (χ0) is 31.6. The van der Waals surface area contributed by atoms with E-state index in [4.69, 9.17) is 27.9 Å². The largest absolute Gasteiger partial charge is 0.394 e. The number of aliphatic hydroxyl groups excluding tert-OH is 2. The lowest BCUT2D eigenvalue weighted by Crippen LogP contribution is -2.58. The highest BCUT2D eigenvalue weighted by atomic mass is 35.5. The standard InChI is InChI=1S/C32H35Cl2FN2O6S/c1-2-24(18-36(44(41,42)26-14-15-26)28-9-4-3-8-27(28)35)37-30(20-10-12-22(33)13-11-20)31(21-6-5-7-23(34)16-21)43-29(32(37)40)17-25(39)19-38/h3-13,16,24-26,29-31,38-39H,2,14-15,17-19H2,1H3/t24?,25-,29+,30+,31+/m0/s1. The third-order valence-electron chi connectivity index (χ3n) is 8.13. The van der Waals surface area contributed by atoms with Gasteiger partial charge in [-0.05, 0) is 66.8 Å². The maximum Gasteiger partial charge on any atom is 0.252 e. The van der Waals surface area contributed by atoms with Crippen LogP contribution in [0.3, 0.4) is 0 Å². The number of rotatable bonds is 12. The lowest BCUT2D eigenvalue weighted by Gasteiger charge is -2.49. The second-order valence-corrected chi connectivity index (χ2v) is 14.2. The van der Waals surface area contributed by atoms with Crippen LogP contribution in [0.25, 0.3) is 0 Å². The molecule has 3 aromatic carbocycles. The monoisotopic (exact) mass is 664 g/mol. The quantitative estimate of drug-likeness (QED) is 0.259. The van der Waals surface area contributed by atoms with Crippen LogP contribution in [-0.2, 0) is 19.6 Å². The first-order valence-corrected chi connectivity index (χ1v) is 16.8. The van der Waals surface area contributed by atoms with Crippen molar-refractivity contribution in [2.75, 3.05) is 17.5 Å². The van der Waals surface area contributed by atoms with E-state index in [1.807, 2.05) is 13.0 Å². The van der Waals surface area contributed by atoms with Gasteiger partial charge in [-0.15, -0.1) is 0 Å². The van der Waals surface area contributed by atoms with Gasteiger partial charge in [0.25, 0.3) is 5.91 Å². The molecule has 0 spiro atoms. The summed E-state index contributed by atoms with van der Waals surface area (Å²) in [5, 5.41) is 20.3. The molecule has 44 heavy (non-hydrogen) atoms. The molecule has 1 aliphatic heterocycles. The minimum Gasteiger partial charge on any atom is -0.394 e. The van der Waals surface area contributed by atoms with Crippen LogP contribution in [0.1, 0.15) is 55.9 Å². The van der Waals surface area contributed by atoms with E-state index < -0.39 is 64.0 Å². The van der Waals surface area contributed by atoms with E-state index in [2.05, 4.69) is 0 Å². The number of amides is 1. The number of ether oxygens (including phenoxy) is 1. The van der Waals surface area contributed by atoms with Crippen molar-refractivity contribution in [1.29, 1.82) is 0 Å². The van der Waals surface area contributed by atoms with Gasteiger partial charge in [0, 0.05) is 16.5 Å². The van der Waals surface area contributed by atoms with Crippen LogP contribution in [0.15, 0.2) is 72.8 Å². The van der Waals surface area contributed by atoms with Gasteiger partial charge in [-0.3, -0.25) is 9.10 Å². The third kappa shape index (κ3) is 6.90. The Morgan fingerprint density at radius 1 is 1.02 bits per heavy atom. The smallest absolute Gasteiger partial charge is 0.252 e. The molecule has 5 rings (SSSR count). The maximum absolute atomic E-state index is 15.2. The maximum atomic E-state index is 15.2. The van der Waals surface area contributed by atoms with Crippen LogP contribution in [0.4, 0.5) is 10.1 Å². The van der Waals surface area contributed by atoms with Crippen molar-refractivity contribution in [1.82, 2.24) is 4.90 Å². The van der Waals surface area contributed by atoms with E-state index in [0.717, 1.165) is 4.31 Å². The molecular weight excluding hydrogens is 630 g/mol. The molecule has 1 heterocycles. The van der Waals surface area contributed by atoms with E-state index >= 15 is 4.39 Å². The zero-order valence-corrected chi connectivity index (χ0v) is 26.4. The Bertz CT molecular complexity index is 1570. The molecule has 5 atom stereocenters. The second kappa shape index (κ2) is 13.7. The number of hydrogen-bond acceptors (Lipinski definition) is 6. The molecule has 236 valence electrons. The minimum atomic E-state index is -3.94. The molecule has 12 heteroatoms. The van der Waals surface area contributed by atoms with Crippen molar-refractivity contribution in [3.8, 4) is 0 Å². The van der Waals surface area contributed by atoms with Crippen LogP contribution in [0, 0.1) is 5.82 Å². The number of hydrogen-bond donors (Lipinski definition) is 2. The Balaban J connectivity index is 1.65. The molecule has 8 nitrogen and oxygen atoms in total. The van der Waals surface area contributed by atoms with Crippen LogP contribution < -0.4 is 4.31 Å². The topological polar surface area (TPSA) is 107 Å². The molecule has 0 radical (unpaired) electrons. The Labute approximate surface area is 267 Å². The highest BCUT2D eigenvalue weighted by Gasteiger charge is 2.49. The predicted molar refractivity (Wildman–Crippen MR) is 168 cm³/mol. The van der Waals surface area contributed by atoms with Crippen LogP contribution in [0.2, 0.25) is 10.0 Å². The van der Waals surface area contributed by atoms with Crippen molar-refractivity contribution < 1.29 is 32.6 Å². The van der Waals surface area contributed by atoms with E-state index in [9.17, 15) is 23.4 Å². The summed E-state index contributed by atoms with van der Waals surface area (Å²) < 4.78 is 50.2. The van der Waals surface area contributed by atoms with Gasteiger partial charge in [0.1, 0.15) is 18.0 Å². The molecule has 0 bridgehead atoms. The fourth-order valence-electron chi connectivity index (χ4n) is 5.73. The zero-order valence-electron chi connectivity index (χ0n) is 24.1. The van der Waals surface area contributed by atoms with Gasteiger partial charge >= 0.3 is 0 Å². The Morgan fingerprint density at radius 2 is 1.73 bits per heavy atom. The summed E-state index contributed by atoms with van der Waals surface area (Å²) in [6, 6.07) is 18.2. The van der Waals surface area contributed by atoms with Gasteiger partial charge in [0.15, 0.2) is 0 Å². The number of aliphatic hydroxyl groups is 2. The normalized spacial score (nSPS) is 22.1. The summed E-state index contributed by atoms with van der Waals surface area (Å²) in [7, 11) is -3.94. The summed E-state index contributed by atoms with van der Waals surface area (Å²) in [6.45, 7) is 1.05. The molecule has 1 aliphatic carbocycles. The Hall–Kier alpha value is -2.73. The average Bonchev–Trinajstić information content (AvgIpc) is 3.86. The molecule has 0 aromatic heterocycles. The molecule has 2 fully saturated rings. The number of halogens is 3. The number of sulfonamides is 1. The molecule has 2 N–H and O–H groups in total. The molecule has 2 aliphatic rings. The Kier molecular flexibility index (Phi) is 10.2. The summed E-state index contributed by atoms with van der Waals surface area (Å²) in [5.41, 5.74) is 1.25. The van der Waals surface area contributed by atoms with Crippen molar-refractivity contribution in [3.63, 3.8) is 0 Å². The summed E-state index contributed by atoms with van der Waals surface area (Å²) in [4.78, 5) is 16.0. The molecule has 1 amide bonds. The van der Waals surface area contributed by atoms with Crippen molar-refractivity contribution in [2.24, 2.45) is 0 Å². The first-order chi connectivity index (χ1) is 21.0. The van der Waals surface area contributed by atoms with Crippen molar-refractivity contribution >= 4 is 44.8 Å². The average molecular weight is 666 g/mol. The van der Waals surface area contributed by atoms with Crippen LogP contribution >= 0.6 is 23.2 Å². The highest BCUT2D eigenvalue weighted by Crippen LogP contribution is 2.45.